The molecule has 6 N–H and O–H groups in total. The molecule has 1 aromatic carbocycles. The topological polar surface area (TPSA) is 142 Å². The molecule has 0 aliphatic carbocycles. The number of carbonyl (C=O) groups is 1. The fourth-order valence-electron chi connectivity index (χ4n) is 3.45. The summed E-state index contributed by atoms with van der Waals surface area (Å²) in [6.07, 6.45) is -0.0612. The number of nitriles is 1. The second kappa shape index (κ2) is 6.44. The Morgan fingerprint density at radius 2 is 2.14 bits per heavy atom. The SMILES string of the molecule is N#Cc1c(N)nc2c3c(sc(=N)c2c1N)NC(=O)CC3c1c(F)cccc1Cl. The van der Waals surface area contributed by atoms with Gasteiger partial charge >= 0.3 is 0 Å². The Hall–Kier alpha value is -3.22. The van der Waals surface area contributed by atoms with Crippen molar-refractivity contribution in [1.29, 1.82) is 10.7 Å². The van der Waals surface area contributed by atoms with E-state index in [9.17, 15) is 14.4 Å². The Kier molecular flexibility index (Phi) is 4.18. The minimum absolute atomic E-state index is 0.0100. The minimum atomic E-state index is -0.740. The van der Waals surface area contributed by atoms with E-state index in [-0.39, 0.29) is 55.6 Å². The van der Waals surface area contributed by atoms with Crippen LogP contribution >= 0.6 is 22.9 Å². The number of benzene rings is 1. The summed E-state index contributed by atoms with van der Waals surface area (Å²) < 4.78 is 14.7. The molecule has 0 spiro atoms. The second-order valence-corrected chi connectivity index (χ2v) is 7.66. The first kappa shape index (κ1) is 18.2. The predicted octanol–water partition coefficient (Wildman–Crippen LogP) is 3.08. The molecule has 1 atom stereocenters. The first-order valence-electron chi connectivity index (χ1n) is 8.07. The van der Waals surface area contributed by atoms with Crippen LogP contribution in [0.1, 0.15) is 29.0 Å². The summed E-state index contributed by atoms with van der Waals surface area (Å²) in [6, 6.07) is 6.18. The van der Waals surface area contributed by atoms with Gasteiger partial charge in [0.05, 0.1) is 16.6 Å². The Bertz CT molecular complexity index is 1260. The molecule has 2 aromatic heterocycles. The van der Waals surface area contributed by atoms with Gasteiger partial charge in [0.25, 0.3) is 0 Å². The molecule has 1 aliphatic rings. The highest BCUT2D eigenvalue weighted by Gasteiger charge is 2.34. The molecule has 0 radical (unpaired) electrons. The molecule has 0 saturated carbocycles. The maximum absolute atomic E-state index is 14.7. The van der Waals surface area contributed by atoms with E-state index in [2.05, 4.69) is 10.3 Å². The number of halogens is 2. The number of nitrogens with zero attached hydrogens (tertiary/aromatic N) is 2. The summed E-state index contributed by atoms with van der Waals surface area (Å²) in [5, 5.41) is 21.1. The Labute approximate surface area is 166 Å². The quantitative estimate of drug-likeness (QED) is 0.484. The van der Waals surface area contributed by atoms with Gasteiger partial charge in [-0.1, -0.05) is 29.0 Å². The normalized spacial score (nSPS) is 15.8. The number of amides is 1. The van der Waals surface area contributed by atoms with E-state index in [0.717, 1.165) is 11.3 Å². The van der Waals surface area contributed by atoms with Crippen molar-refractivity contribution in [2.24, 2.45) is 0 Å². The Morgan fingerprint density at radius 1 is 1.39 bits per heavy atom. The molecule has 28 heavy (non-hydrogen) atoms. The van der Waals surface area contributed by atoms with Gasteiger partial charge in [-0.3, -0.25) is 10.2 Å². The molecule has 0 bridgehead atoms. The molecule has 7 nitrogen and oxygen atoms in total. The molecular weight excluding hydrogens is 403 g/mol. The fraction of sp³-hybridized carbons (Fsp3) is 0.111. The largest absolute Gasteiger partial charge is 0.397 e. The van der Waals surface area contributed by atoms with Crippen molar-refractivity contribution in [1.82, 2.24) is 4.98 Å². The van der Waals surface area contributed by atoms with Crippen LogP contribution in [0.4, 0.5) is 20.9 Å². The van der Waals surface area contributed by atoms with Crippen LogP contribution in [-0.4, -0.2) is 10.9 Å². The van der Waals surface area contributed by atoms with Gasteiger partial charge in [-0.25, -0.2) is 9.37 Å². The lowest BCUT2D eigenvalue weighted by Crippen LogP contribution is -2.26. The van der Waals surface area contributed by atoms with Gasteiger partial charge in [0.1, 0.15) is 32.9 Å². The average Bonchev–Trinajstić information content (AvgIpc) is 2.60. The zero-order valence-corrected chi connectivity index (χ0v) is 15.7. The van der Waals surface area contributed by atoms with Crippen molar-refractivity contribution in [3.05, 3.63) is 50.4 Å². The summed E-state index contributed by atoms with van der Waals surface area (Å²) in [5.74, 6) is -1.72. The summed E-state index contributed by atoms with van der Waals surface area (Å²) in [6.45, 7) is 0. The first-order valence-corrected chi connectivity index (χ1v) is 9.27. The minimum Gasteiger partial charge on any atom is -0.397 e. The highest BCUT2D eigenvalue weighted by atomic mass is 35.5. The van der Waals surface area contributed by atoms with Crippen molar-refractivity contribution < 1.29 is 9.18 Å². The average molecular weight is 415 g/mol. The van der Waals surface area contributed by atoms with Gasteiger partial charge in [0.2, 0.25) is 5.91 Å². The highest BCUT2D eigenvalue weighted by molar-refractivity contribution is 7.14. The third-order valence-electron chi connectivity index (χ3n) is 4.65. The second-order valence-electron chi connectivity index (χ2n) is 6.24. The Morgan fingerprint density at radius 3 is 2.82 bits per heavy atom. The molecule has 1 aliphatic heterocycles. The van der Waals surface area contributed by atoms with Crippen molar-refractivity contribution in [2.75, 3.05) is 16.8 Å². The van der Waals surface area contributed by atoms with Crippen LogP contribution in [0.25, 0.3) is 10.9 Å². The molecule has 140 valence electrons. The van der Waals surface area contributed by atoms with E-state index < -0.39 is 11.7 Å². The highest BCUT2D eigenvalue weighted by Crippen LogP contribution is 2.45. The van der Waals surface area contributed by atoms with E-state index in [1.165, 1.54) is 12.1 Å². The Balaban J connectivity index is 2.16. The lowest BCUT2D eigenvalue weighted by molar-refractivity contribution is -0.116. The molecule has 0 saturated heterocycles. The van der Waals surface area contributed by atoms with Crippen LogP contribution in [0.15, 0.2) is 18.2 Å². The van der Waals surface area contributed by atoms with Crippen molar-refractivity contribution in [2.45, 2.75) is 12.3 Å². The van der Waals surface area contributed by atoms with Gasteiger partial charge < -0.3 is 16.8 Å². The van der Waals surface area contributed by atoms with Gasteiger partial charge in [0.15, 0.2) is 0 Å². The number of nitrogens with one attached hydrogen (secondary N) is 2. The van der Waals surface area contributed by atoms with Gasteiger partial charge in [-0.05, 0) is 12.1 Å². The number of nitrogen functional groups attached to an aromatic ring is 2. The van der Waals surface area contributed by atoms with E-state index in [0.29, 0.717) is 10.6 Å². The monoisotopic (exact) mass is 414 g/mol. The number of carbonyl (C=O) groups excluding carboxylic acids is 1. The van der Waals surface area contributed by atoms with Crippen LogP contribution < -0.4 is 21.5 Å². The zero-order chi connectivity index (χ0) is 20.2. The van der Waals surface area contributed by atoms with Crippen molar-refractivity contribution in [3.63, 3.8) is 0 Å². The van der Waals surface area contributed by atoms with Crippen LogP contribution in [0.5, 0.6) is 0 Å². The van der Waals surface area contributed by atoms with Crippen LogP contribution in [0, 0.1) is 22.6 Å². The van der Waals surface area contributed by atoms with Gasteiger partial charge in [-0.15, -0.1) is 0 Å². The number of anilines is 3. The smallest absolute Gasteiger partial charge is 0.225 e. The predicted molar refractivity (Wildman–Crippen MR) is 106 cm³/mol. The van der Waals surface area contributed by atoms with E-state index in [1.807, 2.05) is 6.07 Å². The number of hydrogen-bond donors (Lipinski definition) is 4. The lowest BCUT2D eigenvalue weighted by Gasteiger charge is -2.27. The zero-order valence-electron chi connectivity index (χ0n) is 14.1. The van der Waals surface area contributed by atoms with Crippen LogP contribution in [0.2, 0.25) is 5.02 Å². The molecule has 3 heterocycles. The number of rotatable bonds is 1. The standard InChI is InChI=1S/C18H12ClFN6OS/c19-8-2-1-3-9(20)11(8)6-4-10(27)25-18-12(6)15-13(17(24)28-18)14(22)7(5-21)16(23)26-15/h1-3,6,24H,4H2,(H,25,27)(H4,22,23,26). The lowest BCUT2D eigenvalue weighted by atomic mass is 9.85. The molecule has 10 heteroatoms. The van der Waals surface area contributed by atoms with E-state index in [4.69, 9.17) is 28.5 Å². The molecular formula is C18H12ClFN6OS. The maximum Gasteiger partial charge on any atom is 0.225 e. The summed E-state index contributed by atoms with van der Waals surface area (Å²) in [7, 11) is 0. The first-order chi connectivity index (χ1) is 13.3. The van der Waals surface area contributed by atoms with Crippen LogP contribution in [0.3, 0.4) is 0 Å². The number of hydrogen-bond acceptors (Lipinski definition) is 7. The van der Waals surface area contributed by atoms with Crippen LogP contribution in [-0.2, 0) is 4.79 Å². The van der Waals surface area contributed by atoms with E-state index >= 15 is 0 Å². The third-order valence-corrected chi connectivity index (χ3v) is 5.91. The summed E-state index contributed by atoms with van der Waals surface area (Å²) in [4.78, 5) is 16.6. The number of nitrogens with two attached hydrogens (primary N) is 2. The number of pyridine rings is 1. The summed E-state index contributed by atoms with van der Waals surface area (Å²) >= 11 is 7.21. The third kappa shape index (κ3) is 2.58. The molecule has 1 unspecified atom stereocenters. The number of aromatic nitrogens is 1. The number of fused-ring (bicyclic) bond motifs is 3. The molecule has 0 fully saturated rings. The molecule has 4 rings (SSSR count). The van der Waals surface area contributed by atoms with Crippen molar-refractivity contribution >= 4 is 56.3 Å². The van der Waals surface area contributed by atoms with Gasteiger partial charge in [0, 0.05) is 28.5 Å². The molecule has 3 aromatic rings. The fourth-order valence-corrected chi connectivity index (χ4v) is 4.77. The van der Waals surface area contributed by atoms with Gasteiger partial charge in [-0.2, -0.15) is 5.26 Å². The summed E-state index contributed by atoms with van der Waals surface area (Å²) in [5.41, 5.74) is 12.9. The molecule has 1 amide bonds. The van der Waals surface area contributed by atoms with Crippen molar-refractivity contribution in [3.8, 4) is 6.07 Å². The van der Waals surface area contributed by atoms with E-state index in [1.54, 1.807) is 6.07 Å². The maximum atomic E-state index is 14.7.